The Labute approximate surface area is 97.1 Å². The number of aryl methyl sites for hydroxylation is 1. The number of aliphatic hydroxyl groups is 1. The zero-order chi connectivity index (χ0) is 11.8. The number of rotatable bonds is 1. The second kappa shape index (κ2) is 4.15. The molecule has 0 spiro atoms. The summed E-state index contributed by atoms with van der Waals surface area (Å²) in [6.45, 7) is 5.06. The summed E-state index contributed by atoms with van der Waals surface area (Å²) in [5.74, 6) is 0. The first-order valence-corrected chi connectivity index (χ1v) is 5.87. The molecule has 1 saturated heterocycles. The minimum Gasteiger partial charge on any atom is -0.385 e. The molecular weight excluding hydrogens is 200 g/mol. The molecule has 0 bridgehead atoms. The molecule has 88 valence electrons. The van der Waals surface area contributed by atoms with Crippen LogP contribution in [0.3, 0.4) is 0 Å². The largest absolute Gasteiger partial charge is 0.385 e. The van der Waals surface area contributed by atoms with E-state index in [0.717, 1.165) is 30.6 Å². The Morgan fingerprint density at radius 1 is 1.50 bits per heavy atom. The Bertz CT molecular complexity index is 363. The smallest absolute Gasteiger partial charge is 0.0938 e. The summed E-state index contributed by atoms with van der Waals surface area (Å²) in [7, 11) is 2.11. The topological polar surface area (TPSA) is 36.4 Å². The molecule has 2 unspecified atom stereocenters. The number of nitrogens with zero attached hydrogens (tertiary/aromatic N) is 2. The van der Waals surface area contributed by atoms with Crippen molar-refractivity contribution in [2.75, 3.05) is 13.6 Å². The van der Waals surface area contributed by atoms with Crippen molar-refractivity contribution in [3.63, 3.8) is 0 Å². The highest BCUT2D eigenvalue weighted by Crippen LogP contribution is 2.34. The number of likely N-dealkylation sites (tertiary alicyclic amines) is 1. The van der Waals surface area contributed by atoms with Crippen LogP contribution in [0.5, 0.6) is 0 Å². The molecule has 3 nitrogen and oxygen atoms in total. The lowest BCUT2D eigenvalue weighted by molar-refractivity contribution is -0.0410. The zero-order valence-corrected chi connectivity index (χ0v) is 10.3. The molecular formula is C13H20N2O. The number of hydrogen-bond donors (Lipinski definition) is 1. The summed E-state index contributed by atoms with van der Waals surface area (Å²) in [6, 6.07) is 4.39. The van der Waals surface area contributed by atoms with Gasteiger partial charge in [-0.3, -0.25) is 4.98 Å². The van der Waals surface area contributed by atoms with Crippen molar-refractivity contribution >= 4 is 0 Å². The quantitative estimate of drug-likeness (QED) is 0.782. The molecule has 2 rings (SSSR count). The van der Waals surface area contributed by atoms with Crippen molar-refractivity contribution in [3.8, 4) is 0 Å². The first-order chi connectivity index (χ1) is 7.51. The molecule has 0 aromatic carbocycles. The second-order valence-corrected chi connectivity index (χ2v) is 5.00. The number of hydrogen-bond acceptors (Lipinski definition) is 3. The van der Waals surface area contributed by atoms with Gasteiger partial charge >= 0.3 is 0 Å². The first kappa shape index (κ1) is 11.6. The molecule has 1 N–H and O–H groups in total. The molecule has 1 aliphatic heterocycles. The lowest BCUT2D eigenvalue weighted by Crippen LogP contribution is -2.45. The molecule has 1 aromatic heterocycles. The Morgan fingerprint density at radius 2 is 2.25 bits per heavy atom. The molecule has 1 fully saturated rings. The van der Waals surface area contributed by atoms with Gasteiger partial charge in [-0.2, -0.15) is 0 Å². The highest BCUT2D eigenvalue weighted by molar-refractivity contribution is 5.21. The molecule has 0 aliphatic carbocycles. The van der Waals surface area contributed by atoms with Gasteiger partial charge in [0, 0.05) is 30.0 Å². The van der Waals surface area contributed by atoms with Gasteiger partial charge in [-0.05, 0) is 39.8 Å². The molecule has 2 atom stereocenters. The van der Waals surface area contributed by atoms with Crippen LogP contribution in [0.15, 0.2) is 18.3 Å². The van der Waals surface area contributed by atoms with Crippen LogP contribution < -0.4 is 0 Å². The Hall–Kier alpha value is -0.930. The predicted molar refractivity (Wildman–Crippen MR) is 64.2 cm³/mol. The van der Waals surface area contributed by atoms with Crippen molar-refractivity contribution in [1.82, 2.24) is 9.88 Å². The maximum absolute atomic E-state index is 10.7. The van der Waals surface area contributed by atoms with Crippen molar-refractivity contribution in [3.05, 3.63) is 29.6 Å². The van der Waals surface area contributed by atoms with E-state index in [-0.39, 0.29) is 0 Å². The van der Waals surface area contributed by atoms with E-state index in [0.29, 0.717) is 6.04 Å². The summed E-state index contributed by atoms with van der Waals surface area (Å²) in [6.07, 6.45) is 3.39. The summed E-state index contributed by atoms with van der Waals surface area (Å²) in [4.78, 5) is 6.56. The van der Waals surface area contributed by atoms with Crippen molar-refractivity contribution in [1.29, 1.82) is 0 Å². The first-order valence-electron chi connectivity index (χ1n) is 5.87. The second-order valence-electron chi connectivity index (χ2n) is 5.00. The van der Waals surface area contributed by atoms with Gasteiger partial charge in [0.15, 0.2) is 0 Å². The van der Waals surface area contributed by atoms with Crippen LogP contribution in [-0.4, -0.2) is 34.6 Å². The van der Waals surface area contributed by atoms with Crippen LogP contribution in [-0.2, 0) is 5.60 Å². The fraction of sp³-hybridized carbons (Fsp3) is 0.615. The third-order valence-electron chi connectivity index (χ3n) is 3.71. The molecule has 0 amide bonds. The van der Waals surface area contributed by atoms with Crippen LogP contribution in [0.4, 0.5) is 0 Å². The molecule has 16 heavy (non-hydrogen) atoms. The lowest BCUT2D eigenvalue weighted by atomic mass is 9.82. The number of pyridine rings is 1. The summed E-state index contributed by atoms with van der Waals surface area (Å²) in [5.41, 5.74) is 1.26. The summed E-state index contributed by atoms with van der Waals surface area (Å²) < 4.78 is 0. The average Bonchev–Trinajstić information content (AvgIpc) is 2.25. The van der Waals surface area contributed by atoms with E-state index in [1.54, 1.807) is 0 Å². The van der Waals surface area contributed by atoms with Gasteiger partial charge in [-0.25, -0.2) is 0 Å². The van der Waals surface area contributed by atoms with Crippen LogP contribution in [0.25, 0.3) is 0 Å². The third kappa shape index (κ3) is 2.11. The minimum absolute atomic E-state index is 0.417. The maximum Gasteiger partial charge on any atom is 0.0938 e. The van der Waals surface area contributed by atoms with Crippen molar-refractivity contribution in [2.24, 2.45) is 0 Å². The van der Waals surface area contributed by atoms with Gasteiger partial charge < -0.3 is 10.0 Å². The Kier molecular flexibility index (Phi) is 3.00. The fourth-order valence-corrected chi connectivity index (χ4v) is 2.33. The normalized spacial score (nSPS) is 31.6. The van der Waals surface area contributed by atoms with Gasteiger partial charge in [-0.15, -0.1) is 0 Å². The van der Waals surface area contributed by atoms with Crippen molar-refractivity contribution < 1.29 is 5.11 Å². The van der Waals surface area contributed by atoms with E-state index < -0.39 is 5.60 Å². The summed E-state index contributed by atoms with van der Waals surface area (Å²) >= 11 is 0. The van der Waals surface area contributed by atoms with E-state index in [1.807, 2.05) is 25.3 Å². The van der Waals surface area contributed by atoms with Crippen LogP contribution >= 0.6 is 0 Å². The van der Waals surface area contributed by atoms with E-state index in [9.17, 15) is 5.11 Å². The minimum atomic E-state index is -0.688. The molecule has 0 saturated carbocycles. The van der Waals surface area contributed by atoms with Gasteiger partial charge in [0.1, 0.15) is 0 Å². The Balaban J connectivity index is 2.22. The molecule has 3 heteroatoms. The van der Waals surface area contributed by atoms with E-state index in [4.69, 9.17) is 0 Å². The van der Waals surface area contributed by atoms with Gasteiger partial charge in [0.05, 0.1) is 5.60 Å². The number of piperidine rings is 1. The highest BCUT2D eigenvalue weighted by Gasteiger charge is 2.36. The highest BCUT2D eigenvalue weighted by atomic mass is 16.3. The SMILES string of the molecule is Cc1ccc(C2(O)CCN(C)C(C)C2)cn1. The molecule has 0 radical (unpaired) electrons. The summed E-state index contributed by atoms with van der Waals surface area (Å²) in [5, 5.41) is 10.7. The zero-order valence-electron chi connectivity index (χ0n) is 10.3. The van der Waals surface area contributed by atoms with Gasteiger partial charge in [-0.1, -0.05) is 6.07 Å². The predicted octanol–water partition coefficient (Wildman–Crippen LogP) is 1.69. The monoisotopic (exact) mass is 220 g/mol. The number of aromatic nitrogens is 1. The Morgan fingerprint density at radius 3 is 2.81 bits per heavy atom. The lowest BCUT2D eigenvalue weighted by Gasteiger charge is -2.41. The van der Waals surface area contributed by atoms with Crippen LogP contribution in [0, 0.1) is 6.92 Å². The van der Waals surface area contributed by atoms with Crippen LogP contribution in [0.1, 0.15) is 31.0 Å². The van der Waals surface area contributed by atoms with Crippen LogP contribution in [0.2, 0.25) is 0 Å². The van der Waals surface area contributed by atoms with E-state index in [1.165, 1.54) is 0 Å². The standard InChI is InChI=1S/C13H20N2O/c1-10-4-5-12(9-14-10)13(16)6-7-15(3)11(2)8-13/h4-5,9,11,16H,6-8H2,1-3H3. The molecule has 1 aromatic rings. The molecule has 1 aliphatic rings. The molecule has 2 heterocycles. The van der Waals surface area contributed by atoms with Crippen molar-refractivity contribution in [2.45, 2.75) is 38.3 Å². The van der Waals surface area contributed by atoms with E-state index >= 15 is 0 Å². The maximum atomic E-state index is 10.7. The van der Waals surface area contributed by atoms with Gasteiger partial charge in [0.2, 0.25) is 0 Å². The fourth-order valence-electron chi connectivity index (χ4n) is 2.33. The van der Waals surface area contributed by atoms with Gasteiger partial charge in [0.25, 0.3) is 0 Å². The average molecular weight is 220 g/mol. The van der Waals surface area contributed by atoms with E-state index in [2.05, 4.69) is 23.9 Å². The third-order valence-corrected chi connectivity index (χ3v) is 3.71.